The van der Waals surface area contributed by atoms with E-state index in [1.54, 1.807) is 0 Å². The van der Waals surface area contributed by atoms with Gasteiger partial charge in [0.05, 0.1) is 0 Å². The number of ketones is 1. The maximum Gasteiger partial charge on any atom is 0.235 e. The van der Waals surface area contributed by atoms with Gasteiger partial charge in [0.25, 0.3) is 0 Å². The molecule has 3 nitrogen and oxygen atoms in total. The van der Waals surface area contributed by atoms with Gasteiger partial charge in [-0.3, -0.25) is 4.79 Å². The third kappa shape index (κ3) is 31.7. The van der Waals surface area contributed by atoms with Gasteiger partial charge in [-0.25, -0.2) is 0 Å². The highest BCUT2D eigenvalue weighted by Crippen LogP contribution is 2.14. The molecule has 1 unspecified atom stereocenters. The first-order valence-electron chi connectivity index (χ1n) is 5.36. The van der Waals surface area contributed by atoms with Crippen LogP contribution in [0.3, 0.4) is 0 Å². The maximum absolute atomic E-state index is 10.3. The van der Waals surface area contributed by atoms with E-state index in [1.807, 2.05) is 0 Å². The van der Waals surface area contributed by atoms with E-state index in [9.17, 15) is 9.59 Å². The summed E-state index contributed by atoms with van der Waals surface area (Å²) in [6, 6.07) is 0. The van der Waals surface area contributed by atoms with Crippen LogP contribution in [0.4, 0.5) is 4.79 Å². The third-order valence-corrected chi connectivity index (χ3v) is 2.46. The Labute approximate surface area is 95.0 Å². The summed E-state index contributed by atoms with van der Waals surface area (Å²) in [5.41, 5.74) is 4.86. The lowest BCUT2D eigenvalue weighted by atomic mass is 10.1. The first-order valence-corrected chi connectivity index (χ1v) is 6.57. The van der Waals surface area contributed by atoms with Crippen molar-refractivity contribution in [2.75, 3.05) is 6.16 Å². The molecule has 0 spiro atoms. The molecule has 0 aliphatic rings. The smallest absolute Gasteiger partial charge is 0.235 e. The molecule has 0 saturated carbocycles. The second-order valence-electron chi connectivity index (χ2n) is 4.09. The lowest BCUT2D eigenvalue weighted by Gasteiger charge is -2.02. The summed E-state index contributed by atoms with van der Waals surface area (Å²) in [6.45, 7) is 7.49. The van der Waals surface area contributed by atoms with Crippen molar-refractivity contribution >= 4 is 20.0 Å². The number of carbonyl (C=O) groups excluding carboxylic acids is 2. The molecule has 0 bridgehead atoms. The number of primary amides is 1. The number of carbonyl (C=O) groups is 2. The van der Waals surface area contributed by atoms with Crippen molar-refractivity contribution in [3.05, 3.63) is 0 Å². The van der Waals surface area contributed by atoms with E-state index in [-0.39, 0.29) is 11.4 Å². The zero-order valence-electron chi connectivity index (χ0n) is 10.3. The molecule has 0 radical (unpaired) electrons. The number of amides is 1. The SMILES string of the molecule is CC(C)=O.CC(C)CCCCPC(N)=O. The Morgan fingerprint density at radius 1 is 1.20 bits per heavy atom. The van der Waals surface area contributed by atoms with Crippen molar-refractivity contribution in [2.24, 2.45) is 11.7 Å². The van der Waals surface area contributed by atoms with Crippen molar-refractivity contribution in [3.8, 4) is 0 Å². The average Bonchev–Trinajstić information content (AvgIpc) is 2.01. The van der Waals surface area contributed by atoms with E-state index in [4.69, 9.17) is 5.73 Å². The number of rotatable bonds is 6. The molecule has 1 atom stereocenters. The summed E-state index contributed by atoms with van der Waals surface area (Å²) in [6.07, 6.45) is 4.64. The molecule has 0 aliphatic carbocycles. The van der Waals surface area contributed by atoms with Gasteiger partial charge in [-0.2, -0.15) is 0 Å². The predicted molar refractivity (Wildman–Crippen MR) is 67.8 cm³/mol. The summed E-state index contributed by atoms with van der Waals surface area (Å²) in [7, 11) is 0.331. The Bertz CT molecular complexity index is 177. The summed E-state index contributed by atoms with van der Waals surface area (Å²) in [4.78, 5) is 19.8. The minimum atomic E-state index is -0.144. The third-order valence-electron chi connectivity index (χ3n) is 1.51. The largest absolute Gasteiger partial charge is 0.366 e. The van der Waals surface area contributed by atoms with Crippen molar-refractivity contribution in [2.45, 2.75) is 47.0 Å². The molecule has 0 aliphatic heterocycles. The highest BCUT2D eigenvalue weighted by atomic mass is 31.1. The molecular weight excluding hydrogens is 209 g/mol. The second-order valence-corrected chi connectivity index (χ2v) is 5.44. The lowest BCUT2D eigenvalue weighted by molar-refractivity contribution is -0.114. The normalized spacial score (nSPS) is 10.2. The maximum atomic E-state index is 10.3. The molecule has 15 heavy (non-hydrogen) atoms. The van der Waals surface area contributed by atoms with Crippen LogP contribution in [0.25, 0.3) is 0 Å². The fourth-order valence-corrected chi connectivity index (χ4v) is 1.56. The molecule has 2 N–H and O–H groups in total. The highest BCUT2D eigenvalue weighted by Gasteiger charge is 1.96. The van der Waals surface area contributed by atoms with Crippen LogP contribution in [0.15, 0.2) is 0 Å². The van der Waals surface area contributed by atoms with Crippen LogP contribution in [0.2, 0.25) is 0 Å². The Balaban J connectivity index is 0. The van der Waals surface area contributed by atoms with Crippen molar-refractivity contribution in [1.29, 1.82) is 0 Å². The van der Waals surface area contributed by atoms with Crippen LogP contribution < -0.4 is 5.73 Å². The number of hydrogen-bond donors (Lipinski definition) is 1. The van der Waals surface area contributed by atoms with E-state index < -0.39 is 0 Å². The van der Waals surface area contributed by atoms with Crippen molar-refractivity contribution < 1.29 is 9.59 Å². The molecule has 0 heterocycles. The topological polar surface area (TPSA) is 60.2 Å². The van der Waals surface area contributed by atoms with Crippen LogP contribution in [0.1, 0.15) is 47.0 Å². The molecule has 0 aromatic rings. The fourth-order valence-electron chi connectivity index (χ4n) is 0.889. The Kier molecular flexibility index (Phi) is 13.2. The number of nitrogens with two attached hydrogens (primary N) is 1. The summed E-state index contributed by atoms with van der Waals surface area (Å²) in [5.74, 6) is 0.951. The molecule has 0 rings (SSSR count). The Morgan fingerprint density at radius 2 is 1.67 bits per heavy atom. The van der Waals surface area contributed by atoms with Crippen molar-refractivity contribution in [1.82, 2.24) is 0 Å². The Hall–Kier alpha value is -0.430. The molecule has 90 valence electrons. The van der Waals surface area contributed by atoms with Gasteiger partial charge in [0.2, 0.25) is 5.65 Å². The van der Waals surface area contributed by atoms with Gasteiger partial charge in [0.15, 0.2) is 0 Å². The first-order chi connectivity index (χ1) is 6.86. The van der Waals surface area contributed by atoms with E-state index in [1.165, 1.54) is 26.7 Å². The van der Waals surface area contributed by atoms with Gasteiger partial charge in [-0.1, -0.05) is 26.7 Å². The van der Waals surface area contributed by atoms with Gasteiger partial charge in [0, 0.05) is 0 Å². The molecule has 1 amide bonds. The minimum Gasteiger partial charge on any atom is -0.366 e. The van der Waals surface area contributed by atoms with Gasteiger partial charge in [-0.05, 0) is 40.9 Å². The van der Waals surface area contributed by atoms with Gasteiger partial charge >= 0.3 is 0 Å². The van der Waals surface area contributed by atoms with Gasteiger partial charge in [-0.15, -0.1) is 0 Å². The molecule has 0 saturated heterocycles. The van der Waals surface area contributed by atoms with E-state index in [2.05, 4.69) is 13.8 Å². The van der Waals surface area contributed by atoms with Crippen LogP contribution in [-0.4, -0.2) is 17.6 Å². The Morgan fingerprint density at radius 3 is 2.00 bits per heavy atom. The molecule has 0 aromatic carbocycles. The number of unbranched alkanes of at least 4 members (excludes halogenated alkanes) is 1. The minimum absolute atomic E-state index is 0.144. The van der Waals surface area contributed by atoms with E-state index >= 15 is 0 Å². The van der Waals surface area contributed by atoms with E-state index in [0.717, 1.165) is 18.5 Å². The number of Topliss-reactive ketones (excluding diaryl/α,β-unsaturated/α-hetero) is 1. The standard InChI is InChI=1S/C8H18NOP.C3H6O/c1-7(2)5-3-4-6-11-8(9)10;1-3(2)4/h7,11H,3-6H2,1-2H3,(H2,9,10);1-2H3. The monoisotopic (exact) mass is 233 g/mol. The predicted octanol–water partition coefficient (Wildman–Crippen LogP) is 3.17. The van der Waals surface area contributed by atoms with Crippen LogP contribution >= 0.6 is 8.58 Å². The quantitative estimate of drug-likeness (QED) is 0.565. The molecule has 0 aromatic heterocycles. The first kappa shape index (κ1) is 17.0. The summed E-state index contributed by atoms with van der Waals surface area (Å²) < 4.78 is 0. The molecule has 0 fully saturated rings. The second kappa shape index (κ2) is 11.6. The van der Waals surface area contributed by atoms with Crippen LogP contribution in [0.5, 0.6) is 0 Å². The van der Waals surface area contributed by atoms with E-state index in [0.29, 0.717) is 8.58 Å². The summed E-state index contributed by atoms with van der Waals surface area (Å²) in [5, 5.41) is 0. The lowest BCUT2D eigenvalue weighted by Crippen LogP contribution is -2.01. The van der Waals surface area contributed by atoms with Crippen molar-refractivity contribution in [3.63, 3.8) is 0 Å². The molecular formula is C11H24NO2P. The van der Waals surface area contributed by atoms with Gasteiger partial charge in [0.1, 0.15) is 5.78 Å². The average molecular weight is 233 g/mol. The van der Waals surface area contributed by atoms with Crippen LogP contribution in [-0.2, 0) is 4.79 Å². The molecule has 4 heteroatoms. The zero-order chi connectivity index (χ0) is 12.3. The zero-order valence-corrected chi connectivity index (χ0v) is 11.3. The van der Waals surface area contributed by atoms with Gasteiger partial charge < -0.3 is 10.5 Å². The highest BCUT2D eigenvalue weighted by molar-refractivity contribution is 7.57. The number of hydrogen-bond acceptors (Lipinski definition) is 2. The fraction of sp³-hybridized carbons (Fsp3) is 0.818. The van der Waals surface area contributed by atoms with Crippen LogP contribution in [0, 0.1) is 5.92 Å². The summed E-state index contributed by atoms with van der Waals surface area (Å²) >= 11 is 0.